The van der Waals surface area contributed by atoms with Gasteiger partial charge < -0.3 is 13.6 Å². The van der Waals surface area contributed by atoms with Crippen LogP contribution in [-0.4, -0.2) is 14.9 Å². The molecule has 0 aliphatic rings. The normalized spacial score (nSPS) is 12.2. The van der Waals surface area contributed by atoms with E-state index in [9.17, 15) is 10.2 Å². The van der Waals surface area contributed by atoms with Crippen LogP contribution in [0.3, 0.4) is 0 Å². The molecular weight excluding hydrogens is 446 g/mol. The summed E-state index contributed by atoms with van der Waals surface area (Å²) in [7, 11) is 0. The summed E-state index contributed by atoms with van der Waals surface area (Å²) in [5, 5.41) is 9.25. The fourth-order valence-electron chi connectivity index (χ4n) is 4.84. The van der Waals surface area contributed by atoms with E-state index < -0.39 is 0 Å². The number of aromatic nitrogens is 2. The first-order chi connectivity index (χ1) is 17.5. The number of fused-ring (bicyclic) bond motifs is 1. The second-order valence-electron chi connectivity index (χ2n) is 9.57. The zero-order chi connectivity index (χ0) is 25.1. The zero-order valence-electron chi connectivity index (χ0n) is 20.8. The molecule has 2 heterocycles. The van der Waals surface area contributed by atoms with Crippen LogP contribution in [0.2, 0.25) is 0 Å². The van der Waals surface area contributed by atoms with Crippen molar-refractivity contribution in [3.63, 3.8) is 0 Å². The minimum atomic E-state index is -0.0415. The molecule has 5 heteroatoms. The first-order valence-corrected chi connectivity index (χ1v) is 12.4. The van der Waals surface area contributed by atoms with Gasteiger partial charge in [0, 0.05) is 12.5 Å². The van der Waals surface area contributed by atoms with Crippen LogP contribution in [0, 0.1) is 19.3 Å². The highest BCUT2D eigenvalue weighted by molar-refractivity contribution is 5.95. The van der Waals surface area contributed by atoms with Crippen molar-refractivity contribution >= 4 is 16.8 Å². The van der Waals surface area contributed by atoms with Gasteiger partial charge in [-0.15, -0.1) is 0 Å². The minimum Gasteiger partial charge on any atom is -0.472 e. The van der Waals surface area contributed by atoms with Gasteiger partial charge in [-0.3, -0.25) is 10.2 Å². The van der Waals surface area contributed by atoms with Crippen molar-refractivity contribution in [2.24, 2.45) is 0 Å². The van der Waals surface area contributed by atoms with Crippen LogP contribution in [0.1, 0.15) is 51.5 Å². The molecule has 0 aliphatic heterocycles. The predicted octanol–water partition coefficient (Wildman–Crippen LogP) is 6.63. The number of rotatable bonds is 9. The Morgan fingerprint density at radius 2 is 1.50 bits per heavy atom. The van der Waals surface area contributed by atoms with E-state index in [2.05, 4.69) is 83.6 Å². The van der Waals surface area contributed by atoms with Crippen LogP contribution in [0.4, 0.5) is 0 Å². The highest BCUT2D eigenvalue weighted by Gasteiger charge is 2.21. The summed E-state index contributed by atoms with van der Waals surface area (Å²) >= 11 is 0. The van der Waals surface area contributed by atoms with Gasteiger partial charge in [-0.1, -0.05) is 71.8 Å². The van der Waals surface area contributed by atoms with Crippen molar-refractivity contribution < 1.29 is 9.21 Å². The molecule has 0 amide bonds. The monoisotopic (exact) mass is 477 g/mol. The number of hydrogen-bond donors (Lipinski definition) is 1. The third kappa shape index (κ3) is 4.96. The number of ketones is 1. The molecule has 36 heavy (non-hydrogen) atoms. The lowest BCUT2D eigenvalue weighted by atomic mass is 9.98. The first kappa shape index (κ1) is 23.6. The van der Waals surface area contributed by atoms with E-state index in [-0.39, 0.29) is 11.8 Å². The number of para-hydroxylation sites is 2. The second-order valence-corrected chi connectivity index (χ2v) is 9.57. The predicted molar refractivity (Wildman–Crippen MR) is 142 cm³/mol. The molecule has 2 aromatic heterocycles. The van der Waals surface area contributed by atoms with Gasteiger partial charge in [-0.25, -0.2) is 0 Å². The molecule has 5 rings (SSSR count). The maximum absolute atomic E-state index is 12.8. The summed E-state index contributed by atoms with van der Waals surface area (Å²) in [6, 6.07) is 26.9. The van der Waals surface area contributed by atoms with Crippen LogP contribution in [-0.2, 0) is 13.0 Å². The Bertz CT molecular complexity index is 1520. The molecule has 0 fully saturated rings. The minimum absolute atomic E-state index is 0.0415. The summed E-state index contributed by atoms with van der Waals surface area (Å²) in [4.78, 5) is 12.8. The number of carbonyl (C=O) groups is 1. The Morgan fingerprint density at radius 1 is 0.861 bits per heavy atom. The molecule has 3 aromatic carbocycles. The molecule has 0 unspecified atom stereocenters. The number of hydrogen-bond acceptors (Lipinski definition) is 3. The molecular formula is C31H31N3O2. The Morgan fingerprint density at radius 3 is 2.14 bits per heavy atom. The molecule has 0 aliphatic carbocycles. The summed E-state index contributed by atoms with van der Waals surface area (Å²) in [5.74, 6) is 0.0631. The van der Waals surface area contributed by atoms with Gasteiger partial charge in [0.2, 0.25) is 5.62 Å². The summed E-state index contributed by atoms with van der Waals surface area (Å²) in [5.41, 5.74) is 7.88. The molecule has 5 nitrogen and oxygen atoms in total. The van der Waals surface area contributed by atoms with E-state index in [1.807, 2.05) is 12.1 Å². The van der Waals surface area contributed by atoms with E-state index in [0.29, 0.717) is 30.6 Å². The van der Waals surface area contributed by atoms with Gasteiger partial charge in [0.25, 0.3) is 0 Å². The van der Waals surface area contributed by atoms with Crippen LogP contribution in [0.5, 0.6) is 0 Å². The topological polar surface area (TPSA) is 63.9 Å². The third-order valence-corrected chi connectivity index (χ3v) is 6.88. The molecule has 1 N–H and O–H groups in total. The largest absolute Gasteiger partial charge is 0.472 e. The molecule has 0 saturated carbocycles. The maximum Gasteiger partial charge on any atom is 0.203 e. The van der Waals surface area contributed by atoms with E-state index in [4.69, 9.17) is 4.42 Å². The average Bonchev–Trinajstić information content (AvgIpc) is 3.52. The molecule has 0 radical (unpaired) electrons. The van der Waals surface area contributed by atoms with Gasteiger partial charge in [0.1, 0.15) is 6.26 Å². The lowest BCUT2D eigenvalue weighted by molar-refractivity contribution is 0.0973. The lowest BCUT2D eigenvalue weighted by Crippen LogP contribution is -2.29. The van der Waals surface area contributed by atoms with Gasteiger partial charge >= 0.3 is 0 Å². The SMILES string of the molecule is Cc1ccc(C[C@@H](CCC(=O)c2ccoc2)n2c(=N)n(Cc3ccc(C)cc3)c3ccccc32)cc1. The number of nitrogens with zero attached hydrogens (tertiary/aromatic N) is 2. The van der Waals surface area contributed by atoms with E-state index >= 15 is 0 Å². The fraction of sp³-hybridized carbons (Fsp3) is 0.226. The Balaban J connectivity index is 1.54. The number of imidazole rings is 1. The van der Waals surface area contributed by atoms with Crippen LogP contribution < -0.4 is 5.62 Å². The summed E-state index contributed by atoms with van der Waals surface area (Å²) in [6.45, 7) is 4.79. The van der Waals surface area contributed by atoms with Gasteiger partial charge in [-0.2, -0.15) is 0 Å². The number of carbonyl (C=O) groups excluding carboxylic acids is 1. The number of benzene rings is 3. The van der Waals surface area contributed by atoms with Crippen molar-refractivity contribution in [2.45, 2.75) is 45.7 Å². The first-order valence-electron chi connectivity index (χ1n) is 12.4. The Hall–Kier alpha value is -4.12. The number of Topliss-reactive ketones (excluding diaryl/α,β-unsaturated/α-hetero) is 1. The molecule has 1 atom stereocenters. The van der Waals surface area contributed by atoms with Crippen molar-refractivity contribution in [2.75, 3.05) is 0 Å². The number of aryl methyl sites for hydroxylation is 2. The van der Waals surface area contributed by atoms with Gasteiger partial charge in [0.05, 0.1) is 29.4 Å². The fourth-order valence-corrected chi connectivity index (χ4v) is 4.84. The van der Waals surface area contributed by atoms with Crippen LogP contribution in [0.25, 0.3) is 11.0 Å². The quantitative estimate of drug-likeness (QED) is 0.242. The second kappa shape index (κ2) is 10.2. The van der Waals surface area contributed by atoms with Crippen molar-refractivity contribution in [1.29, 1.82) is 5.41 Å². The average molecular weight is 478 g/mol. The molecule has 0 spiro atoms. The Kier molecular flexibility index (Phi) is 6.72. The molecule has 0 bridgehead atoms. The van der Waals surface area contributed by atoms with Crippen molar-refractivity contribution in [3.05, 3.63) is 125 Å². The molecule has 5 aromatic rings. The number of nitrogens with one attached hydrogen (secondary N) is 1. The highest BCUT2D eigenvalue weighted by atomic mass is 16.3. The third-order valence-electron chi connectivity index (χ3n) is 6.88. The van der Waals surface area contributed by atoms with Crippen molar-refractivity contribution in [3.8, 4) is 0 Å². The summed E-state index contributed by atoms with van der Waals surface area (Å²) in [6.07, 6.45) is 4.81. The van der Waals surface area contributed by atoms with E-state index in [1.54, 1.807) is 6.07 Å². The molecule has 182 valence electrons. The van der Waals surface area contributed by atoms with Gasteiger partial charge in [-0.05, 0) is 56.0 Å². The summed E-state index contributed by atoms with van der Waals surface area (Å²) < 4.78 is 9.31. The van der Waals surface area contributed by atoms with Crippen LogP contribution >= 0.6 is 0 Å². The zero-order valence-corrected chi connectivity index (χ0v) is 20.8. The molecule has 0 saturated heterocycles. The maximum atomic E-state index is 12.8. The number of furan rings is 1. The van der Waals surface area contributed by atoms with Crippen LogP contribution in [0.15, 0.2) is 95.8 Å². The highest BCUT2D eigenvalue weighted by Crippen LogP contribution is 2.26. The smallest absolute Gasteiger partial charge is 0.203 e. The lowest BCUT2D eigenvalue weighted by Gasteiger charge is -2.20. The van der Waals surface area contributed by atoms with E-state index in [1.165, 1.54) is 29.2 Å². The van der Waals surface area contributed by atoms with E-state index in [0.717, 1.165) is 23.0 Å². The van der Waals surface area contributed by atoms with Crippen molar-refractivity contribution in [1.82, 2.24) is 9.13 Å². The standard InChI is InChI=1S/C31H31N3O2/c1-22-7-11-24(12-8-22)19-27(15-16-30(35)26-17-18-36-21-26)34-29-6-4-3-5-28(29)33(31(34)32)20-25-13-9-23(2)10-14-25/h3-14,17-18,21,27,32H,15-16,19-20H2,1-2H3/t27-/m1/s1. The Labute approximate surface area is 211 Å². The van der Waals surface area contributed by atoms with Gasteiger partial charge in [0.15, 0.2) is 5.78 Å².